The van der Waals surface area contributed by atoms with Crippen LogP contribution in [0.3, 0.4) is 0 Å². The van der Waals surface area contributed by atoms with Crippen molar-refractivity contribution in [2.45, 2.75) is 46.6 Å². The molecule has 0 aliphatic rings. The van der Waals surface area contributed by atoms with Crippen LogP contribution in [0.5, 0.6) is 0 Å². The number of carbonyl (C=O) groups excluding carboxylic acids is 1. The van der Waals surface area contributed by atoms with Gasteiger partial charge >= 0.3 is 5.69 Å². The third kappa shape index (κ3) is 2.58. The Labute approximate surface area is 125 Å². The van der Waals surface area contributed by atoms with E-state index < -0.39 is 0 Å². The second-order valence-electron chi connectivity index (χ2n) is 5.19. The van der Waals surface area contributed by atoms with Crippen molar-refractivity contribution < 1.29 is 4.79 Å². The van der Waals surface area contributed by atoms with E-state index in [-0.39, 0.29) is 17.6 Å². The average Bonchev–Trinajstić information content (AvgIpc) is 2.79. The third-order valence-electron chi connectivity index (χ3n) is 3.95. The lowest BCUT2D eigenvalue weighted by atomic mass is 10.1. The van der Waals surface area contributed by atoms with Crippen molar-refractivity contribution in [3.05, 3.63) is 57.8 Å². The topological polar surface area (TPSA) is 44.0 Å². The number of hydrogen-bond donors (Lipinski definition) is 0. The monoisotopic (exact) mass is 286 g/mol. The lowest BCUT2D eigenvalue weighted by molar-refractivity contribution is 0.0928. The molecule has 0 radical (unpaired) electrons. The van der Waals surface area contributed by atoms with E-state index in [1.165, 1.54) is 11.5 Å². The SMILES string of the molecule is CCc1c(CC)n([C@@H](C)c2ccccc2)c(=O)n1C(C)=O. The fourth-order valence-corrected chi connectivity index (χ4v) is 2.95. The Kier molecular flexibility index (Phi) is 4.46. The van der Waals surface area contributed by atoms with Gasteiger partial charge in [-0.1, -0.05) is 44.2 Å². The predicted molar refractivity (Wildman–Crippen MR) is 84.0 cm³/mol. The second-order valence-corrected chi connectivity index (χ2v) is 5.19. The maximum absolute atomic E-state index is 12.7. The van der Waals surface area contributed by atoms with Crippen LogP contribution in [0.2, 0.25) is 0 Å². The first-order valence-corrected chi connectivity index (χ1v) is 7.43. The van der Waals surface area contributed by atoms with Gasteiger partial charge in [0.25, 0.3) is 0 Å². The molecule has 2 aromatic rings. The molecule has 0 aliphatic carbocycles. The molecule has 4 heteroatoms. The molecule has 0 unspecified atom stereocenters. The van der Waals surface area contributed by atoms with Gasteiger partial charge in [-0.2, -0.15) is 0 Å². The zero-order valence-electron chi connectivity index (χ0n) is 13.1. The number of benzene rings is 1. The summed E-state index contributed by atoms with van der Waals surface area (Å²) < 4.78 is 3.08. The quantitative estimate of drug-likeness (QED) is 0.867. The summed E-state index contributed by atoms with van der Waals surface area (Å²) in [5, 5.41) is 0. The normalized spacial score (nSPS) is 12.4. The molecule has 21 heavy (non-hydrogen) atoms. The Hall–Kier alpha value is -2.10. The minimum atomic E-state index is -0.229. The van der Waals surface area contributed by atoms with Crippen LogP contribution < -0.4 is 5.69 Å². The molecule has 0 bridgehead atoms. The fourth-order valence-electron chi connectivity index (χ4n) is 2.95. The van der Waals surface area contributed by atoms with Crippen molar-refractivity contribution in [3.8, 4) is 0 Å². The summed E-state index contributed by atoms with van der Waals surface area (Å²) >= 11 is 0. The van der Waals surface area contributed by atoms with Crippen LogP contribution in [0.1, 0.15) is 55.5 Å². The summed E-state index contributed by atoms with van der Waals surface area (Å²) in [6.45, 7) is 7.44. The number of nitrogens with zero attached hydrogens (tertiary/aromatic N) is 2. The van der Waals surface area contributed by atoms with E-state index in [1.807, 2.05) is 51.1 Å². The zero-order valence-corrected chi connectivity index (χ0v) is 13.1. The van der Waals surface area contributed by atoms with Gasteiger partial charge in [0, 0.05) is 18.3 Å². The van der Waals surface area contributed by atoms with Gasteiger partial charge in [-0.3, -0.25) is 9.36 Å². The largest absolute Gasteiger partial charge is 0.335 e. The second kappa shape index (κ2) is 6.12. The predicted octanol–water partition coefficient (Wildman–Crippen LogP) is 3.04. The van der Waals surface area contributed by atoms with Crippen LogP contribution >= 0.6 is 0 Å². The molecule has 0 amide bonds. The summed E-state index contributed by atoms with van der Waals surface area (Å²) in [5.41, 5.74) is 2.62. The van der Waals surface area contributed by atoms with Crippen LogP contribution in [0, 0.1) is 0 Å². The van der Waals surface area contributed by atoms with Crippen molar-refractivity contribution in [1.82, 2.24) is 9.13 Å². The first kappa shape index (κ1) is 15.3. The average molecular weight is 286 g/mol. The highest BCUT2D eigenvalue weighted by atomic mass is 16.2. The minimum absolute atomic E-state index is 0.0838. The smallest absolute Gasteiger partial charge is 0.288 e. The molecule has 0 spiro atoms. The highest BCUT2D eigenvalue weighted by molar-refractivity contribution is 5.77. The maximum Gasteiger partial charge on any atom is 0.335 e. The molecule has 1 aromatic carbocycles. The van der Waals surface area contributed by atoms with Crippen LogP contribution in [0.15, 0.2) is 35.1 Å². The van der Waals surface area contributed by atoms with Gasteiger partial charge in [0.05, 0.1) is 6.04 Å². The van der Waals surface area contributed by atoms with E-state index in [1.54, 1.807) is 4.57 Å². The maximum atomic E-state index is 12.7. The molecular weight excluding hydrogens is 264 g/mol. The molecule has 0 saturated carbocycles. The Morgan fingerprint density at radius 2 is 1.67 bits per heavy atom. The highest BCUT2D eigenvalue weighted by Gasteiger charge is 2.23. The van der Waals surface area contributed by atoms with Crippen molar-refractivity contribution in [3.63, 3.8) is 0 Å². The molecule has 1 heterocycles. The minimum Gasteiger partial charge on any atom is -0.288 e. The molecule has 0 aliphatic heterocycles. The molecule has 1 aromatic heterocycles. The first-order valence-electron chi connectivity index (χ1n) is 7.43. The highest BCUT2D eigenvalue weighted by Crippen LogP contribution is 2.21. The number of aromatic nitrogens is 2. The van der Waals surface area contributed by atoms with Gasteiger partial charge in [0.1, 0.15) is 0 Å². The summed E-state index contributed by atoms with van der Waals surface area (Å²) in [6.07, 6.45) is 1.41. The molecule has 1 atom stereocenters. The van der Waals surface area contributed by atoms with Crippen LogP contribution in [-0.4, -0.2) is 15.0 Å². The van der Waals surface area contributed by atoms with Crippen molar-refractivity contribution in [2.24, 2.45) is 0 Å². The van der Waals surface area contributed by atoms with Crippen molar-refractivity contribution in [1.29, 1.82) is 0 Å². The van der Waals surface area contributed by atoms with Gasteiger partial charge < -0.3 is 0 Å². The number of carbonyl (C=O) groups is 1. The van der Waals surface area contributed by atoms with Gasteiger partial charge in [0.15, 0.2) is 0 Å². The van der Waals surface area contributed by atoms with Gasteiger partial charge in [-0.15, -0.1) is 0 Å². The van der Waals surface area contributed by atoms with Gasteiger partial charge in [0.2, 0.25) is 5.91 Å². The molecular formula is C17H22N2O2. The van der Waals surface area contributed by atoms with Crippen LogP contribution in [-0.2, 0) is 12.8 Å². The Balaban J connectivity index is 2.69. The Bertz CT molecular complexity index is 696. The van der Waals surface area contributed by atoms with E-state index in [2.05, 4.69) is 0 Å². The first-order chi connectivity index (χ1) is 10.0. The van der Waals surface area contributed by atoms with Gasteiger partial charge in [-0.05, 0) is 25.3 Å². The van der Waals surface area contributed by atoms with E-state index >= 15 is 0 Å². The van der Waals surface area contributed by atoms with Crippen molar-refractivity contribution >= 4 is 5.91 Å². The van der Waals surface area contributed by atoms with Crippen LogP contribution in [0.25, 0.3) is 0 Å². The number of hydrogen-bond acceptors (Lipinski definition) is 2. The third-order valence-corrected chi connectivity index (χ3v) is 3.95. The molecule has 2 rings (SSSR count). The lowest BCUT2D eigenvalue weighted by Gasteiger charge is -2.16. The Morgan fingerprint density at radius 3 is 2.14 bits per heavy atom. The standard InChI is InChI=1S/C17H22N2O2/c1-5-15-16(6-2)19(13(4)20)17(21)18(15)12(3)14-10-8-7-9-11-14/h7-12H,5-6H2,1-4H3/t12-/m0/s1. The summed E-state index contributed by atoms with van der Waals surface area (Å²) in [4.78, 5) is 24.5. The Morgan fingerprint density at radius 1 is 1.10 bits per heavy atom. The van der Waals surface area contributed by atoms with E-state index in [0.717, 1.165) is 23.4 Å². The van der Waals surface area contributed by atoms with E-state index in [9.17, 15) is 9.59 Å². The number of imidazole rings is 1. The molecule has 0 saturated heterocycles. The van der Waals surface area contributed by atoms with E-state index in [4.69, 9.17) is 0 Å². The molecule has 0 N–H and O–H groups in total. The van der Waals surface area contributed by atoms with Crippen molar-refractivity contribution in [2.75, 3.05) is 0 Å². The van der Waals surface area contributed by atoms with Crippen LogP contribution in [0.4, 0.5) is 0 Å². The molecule has 0 fully saturated rings. The summed E-state index contributed by atoms with van der Waals surface area (Å²) in [7, 11) is 0. The molecule has 112 valence electrons. The fraction of sp³-hybridized carbons (Fsp3) is 0.412. The zero-order chi connectivity index (χ0) is 15.6. The summed E-state index contributed by atoms with van der Waals surface area (Å²) in [6, 6.07) is 9.81. The molecule has 4 nitrogen and oxygen atoms in total. The van der Waals surface area contributed by atoms with Gasteiger partial charge in [-0.25, -0.2) is 9.36 Å². The van der Waals surface area contributed by atoms with E-state index in [0.29, 0.717) is 6.42 Å². The lowest BCUT2D eigenvalue weighted by Crippen LogP contribution is -2.30. The summed E-state index contributed by atoms with van der Waals surface area (Å²) in [5.74, 6) is -0.217. The number of rotatable bonds is 4.